The topological polar surface area (TPSA) is 155 Å². The van der Waals surface area contributed by atoms with Gasteiger partial charge in [0, 0.05) is 6.42 Å². The van der Waals surface area contributed by atoms with Gasteiger partial charge in [0.05, 0.1) is 11.9 Å². The van der Waals surface area contributed by atoms with Crippen LogP contribution in [0.5, 0.6) is 0 Å². The summed E-state index contributed by atoms with van der Waals surface area (Å²) in [6.07, 6.45) is 17.9. The lowest BCUT2D eigenvalue weighted by Gasteiger charge is -2.21. The lowest BCUT2D eigenvalue weighted by atomic mass is 10.1. The highest BCUT2D eigenvalue weighted by atomic mass is 32.2. The Morgan fingerprint density at radius 3 is 2.28 bits per heavy atom. The standard InChI is InChI=1S/C23H37NO7S/c1-2-3-4-5-6-7-8-9-10-11-12-13-16-21(20(25)15-14-17-22(26)27)32(30,31)18-19(24)23(28)29/h6-7,9-13,16,19-21,25H,2-5,8,14-15,17-18,24H2,1H3,(H,26,27)(H,28,29)/b7-6-,10-9-,12-11+,16-13+/t19-,20-,21+/m0/s1. The van der Waals surface area contributed by atoms with Gasteiger partial charge in [0.2, 0.25) is 0 Å². The molecule has 0 aliphatic carbocycles. The summed E-state index contributed by atoms with van der Waals surface area (Å²) in [6, 6.07) is -1.62. The molecular formula is C23H37NO7S. The summed E-state index contributed by atoms with van der Waals surface area (Å²) in [4.78, 5) is 21.6. The Hall–Kier alpha value is -2.23. The molecule has 0 radical (unpaired) electrons. The molecular weight excluding hydrogens is 434 g/mol. The van der Waals surface area contributed by atoms with Gasteiger partial charge in [-0.05, 0) is 32.1 Å². The SMILES string of the molecule is CCCCC/C=C\C\C=C/C=C/C=C/[C@H]([C@@H](O)CCCC(=O)O)S(=O)(=O)C[C@H](N)C(=O)O. The number of hydrogen-bond donors (Lipinski definition) is 4. The van der Waals surface area contributed by atoms with E-state index in [2.05, 4.69) is 19.1 Å². The van der Waals surface area contributed by atoms with Gasteiger partial charge in [0.1, 0.15) is 11.3 Å². The van der Waals surface area contributed by atoms with E-state index in [0.29, 0.717) is 0 Å². The Morgan fingerprint density at radius 1 is 0.969 bits per heavy atom. The number of allylic oxidation sites excluding steroid dienone is 7. The molecule has 0 bridgehead atoms. The van der Waals surface area contributed by atoms with E-state index in [1.807, 2.05) is 12.2 Å². The van der Waals surface area contributed by atoms with Crippen LogP contribution >= 0.6 is 0 Å². The van der Waals surface area contributed by atoms with E-state index in [1.54, 1.807) is 12.2 Å². The van der Waals surface area contributed by atoms with Crippen LogP contribution in [-0.2, 0) is 19.4 Å². The first-order valence-electron chi connectivity index (χ1n) is 10.9. The molecule has 0 saturated heterocycles. The number of aliphatic hydroxyl groups is 1. The van der Waals surface area contributed by atoms with Crippen molar-refractivity contribution < 1.29 is 33.3 Å². The van der Waals surface area contributed by atoms with Crippen molar-refractivity contribution in [3.05, 3.63) is 48.6 Å². The molecule has 0 aliphatic heterocycles. The fourth-order valence-electron chi connectivity index (χ4n) is 2.81. The molecule has 5 N–H and O–H groups in total. The predicted molar refractivity (Wildman–Crippen MR) is 126 cm³/mol. The number of unbranched alkanes of at least 4 members (excludes halogenated alkanes) is 3. The lowest BCUT2D eigenvalue weighted by molar-refractivity contribution is -0.138. The van der Waals surface area contributed by atoms with E-state index in [9.17, 15) is 23.1 Å². The first-order valence-corrected chi connectivity index (χ1v) is 12.6. The molecule has 0 rings (SSSR count). The van der Waals surface area contributed by atoms with E-state index >= 15 is 0 Å². The molecule has 0 aromatic rings. The first kappa shape index (κ1) is 29.8. The number of carboxylic acids is 2. The highest BCUT2D eigenvalue weighted by molar-refractivity contribution is 7.92. The number of rotatable bonds is 18. The summed E-state index contributed by atoms with van der Waals surface area (Å²) in [5.74, 6) is -3.34. The van der Waals surface area contributed by atoms with Crippen molar-refractivity contribution in [2.45, 2.75) is 75.7 Å². The van der Waals surface area contributed by atoms with Crippen LogP contribution in [0.1, 0.15) is 58.3 Å². The van der Waals surface area contributed by atoms with Gasteiger partial charge in [-0.15, -0.1) is 0 Å². The van der Waals surface area contributed by atoms with E-state index in [-0.39, 0.29) is 19.3 Å². The van der Waals surface area contributed by atoms with Crippen LogP contribution in [0.25, 0.3) is 0 Å². The monoisotopic (exact) mass is 471 g/mol. The Bertz CT molecular complexity index is 769. The van der Waals surface area contributed by atoms with E-state index in [4.69, 9.17) is 15.9 Å². The van der Waals surface area contributed by atoms with Gasteiger partial charge in [-0.2, -0.15) is 0 Å². The molecule has 3 atom stereocenters. The minimum Gasteiger partial charge on any atom is -0.481 e. The Morgan fingerprint density at radius 2 is 1.66 bits per heavy atom. The van der Waals surface area contributed by atoms with Gasteiger partial charge in [-0.3, -0.25) is 9.59 Å². The number of carboxylic acid groups (broad SMARTS) is 2. The fourth-order valence-corrected chi connectivity index (χ4v) is 4.62. The average Bonchev–Trinajstić information content (AvgIpc) is 2.70. The largest absolute Gasteiger partial charge is 0.481 e. The van der Waals surface area contributed by atoms with Gasteiger partial charge in [0.15, 0.2) is 9.84 Å². The highest BCUT2D eigenvalue weighted by Crippen LogP contribution is 2.16. The van der Waals surface area contributed by atoms with Gasteiger partial charge in [-0.1, -0.05) is 68.4 Å². The van der Waals surface area contributed by atoms with Gasteiger partial charge >= 0.3 is 11.9 Å². The molecule has 0 aromatic carbocycles. The second kappa shape index (κ2) is 17.3. The summed E-state index contributed by atoms with van der Waals surface area (Å²) >= 11 is 0. The highest BCUT2D eigenvalue weighted by Gasteiger charge is 2.33. The van der Waals surface area contributed by atoms with Crippen LogP contribution in [0.4, 0.5) is 0 Å². The maximum atomic E-state index is 12.6. The Labute approximate surface area is 191 Å². The van der Waals surface area contributed by atoms with Crippen molar-refractivity contribution in [3.63, 3.8) is 0 Å². The smallest absolute Gasteiger partial charge is 0.321 e. The number of sulfone groups is 1. The van der Waals surface area contributed by atoms with Crippen molar-refractivity contribution in [2.24, 2.45) is 5.73 Å². The molecule has 0 saturated carbocycles. The second-order valence-corrected chi connectivity index (χ2v) is 9.70. The molecule has 9 heteroatoms. The van der Waals surface area contributed by atoms with E-state index in [1.165, 1.54) is 31.4 Å². The molecule has 0 aromatic heterocycles. The molecule has 0 amide bonds. The molecule has 0 unspecified atom stereocenters. The van der Waals surface area contributed by atoms with Crippen LogP contribution < -0.4 is 5.73 Å². The van der Waals surface area contributed by atoms with Gasteiger partial charge in [-0.25, -0.2) is 8.42 Å². The number of carbonyl (C=O) groups is 2. The second-order valence-electron chi connectivity index (χ2n) is 7.49. The molecule has 8 nitrogen and oxygen atoms in total. The van der Waals surface area contributed by atoms with Crippen molar-refractivity contribution in [2.75, 3.05) is 5.75 Å². The summed E-state index contributed by atoms with van der Waals surface area (Å²) in [5.41, 5.74) is 5.36. The van der Waals surface area contributed by atoms with E-state index < -0.39 is 44.9 Å². The van der Waals surface area contributed by atoms with Crippen LogP contribution in [-0.4, -0.2) is 58.8 Å². The zero-order valence-corrected chi connectivity index (χ0v) is 19.5. The van der Waals surface area contributed by atoms with Crippen molar-refractivity contribution >= 4 is 21.8 Å². The number of aliphatic carboxylic acids is 2. The third-order valence-corrected chi connectivity index (χ3v) is 6.72. The normalized spacial score (nSPS) is 15.7. The van der Waals surface area contributed by atoms with Crippen molar-refractivity contribution in [3.8, 4) is 0 Å². The predicted octanol–water partition coefficient (Wildman–Crippen LogP) is 2.99. The zero-order chi connectivity index (χ0) is 24.4. The first-order chi connectivity index (χ1) is 15.1. The average molecular weight is 472 g/mol. The lowest BCUT2D eigenvalue weighted by Crippen LogP contribution is -2.43. The number of hydrogen-bond acceptors (Lipinski definition) is 6. The van der Waals surface area contributed by atoms with Crippen LogP contribution in [0.15, 0.2) is 48.6 Å². The summed E-state index contributed by atoms with van der Waals surface area (Å²) in [7, 11) is -4.08. The summed E-state index contributed by atoms with van der Waals surface area (Å²) in [5, 5.41) is 26.6. The Balaban J connectivity index is 4.98. The van der Waals surface area contributed by atoms with Crippen molar-refractivity contribution in [1.29, 1.82) is 0 Å². The quantitative estimate of drug-likeness (QED) is 0.135. The molecule has 182 valence electrons. The Kier molecular flexibility index (Phi) is 16.1. The van der Waals surface area contributed by atoms with Crippen molar-refractivity contribution in [1.82, 2.24) is 0 Å². The molecule has 0 heterocycles. The number of nitrogens with two attached hydrogens (primary N) is 1. The van der Waals surface area contributed by atoms with Gasteiger partial charge < -0.3 is 21.1 Å². The summed E-state index contributed by atoms with van der Waals surface area (Å²) < 4.78 is 25.2. The minimum absolute atomic E-state index is 0.0585. The minimum atomic E-state index is -4.08. The van der Waals surface area contributed by atoms with E-state index in [0.717, 1.165) is 12.8 Å². The third kappa shape index (κ3) is 14.7. The van der Waals surface area contributed by atoms with Gasteiger partial charge in [0.25, 0.3) is 0 Å². The molecule has 0 aliphatic rings. The third-order valence-electron chi connectivity index (χ3n) is 4.60. The maximum absolute atomic E-state index is 12.6. The van der Waals surface area contributed by atoms with Crippen LogP contribution in [0.3, 0.4) is 0 Å². The fraction of sp³-hybridized carbons (Fsp3) is 0.565. The molecule has 0 spiro atoms. The summed E-state index contributed by atoms with van der Waals surface area (Å²) in [6.45, 7) is 2.16. The number of aliphatic hydroxyl groups excluding tert-OH is 1. The van der Waals surface area contributed by atoms with Crippen LogP contribution in [0.2, 0.25) is 0 Å². The van der Waals surface area contributed by atoms with Crippen LogP contribution in [0, 0.1) is 0 Å². The maximum Gasteiger partial charge on any atom is 0.321 e. The zero-order valence-electron chi connectivity index (χ0n) is 18.7. The molecule has 32 heavy (non-hydrogen) atoms. The molecule has 0 fully saturated rings.